The highest BCUT2D eigenvalue weighted by molar-refractivity contribution is 6.23. The maximum absolute atomic E-state index is 13.5. The first-order valence-electron chi connectivity index (χ1n) is 10.6. The average molecular weight is 430 g/mol. The summed E-state index contributed by atoms with van der Waals surface area (Å²) >= 11 is 0. The second kappa shape index (κ2) is 7.69. The highest BCUT2D eigenvalue weighted by atomic mass is 16.2. The predicted molar refractivity (Wildman–Crippen MR) is 117 cm³/mol. The third-order valence-electron chi connectivity index (χ3n) is 5.93. The number of ketones is 1. The molecule has 9 heteroatoms. The Bertz CT molecular complexity index is 1020. The summed E-state index contributed by atoms with van der Waals surface area (Å²) < 4.78 is 3.65. The smallest absolute Gasteiger partial charge is 0.297 e. The first-order valence-corrected chi connectivity index (χ1v) is 10.6. The van der Waals surface area contributed by atoms with Gasteiger partial charge in [0.25, 0.3) is 5.91 Å². The standard InChI is InChI=1S/C22H33N6O3/c1-12(2)10-26-17-18(23-20(26)28-15(5)13(3)14(4)24-28)25(9)21(31)27(19(17)30)11-16(29)22(6,7)8/h12,17H,10-11H2,1-9H3/q+1. The number of aryl methyl sites for hydroxylation is 1. The fraction of sp³-hybridized carbons (Fsp3) is 0.636. The lowest BCUT2D eigenvalue weighted by Crippen LogP contribution is -2.64. The minimum atomic E-state index is -0.767. The van der Waals surface area contributed by atoms with Gasteiger partial charge >= 0.3 is 12.0 Å². The van der Waals surface area contributed by atoms with Gasteiger partial charge in [-0.2, -0.15) is 0 Å². The summed E-state index contributed by atoms with van der Waals surface area (Å²) in [6, 6.07) is -1.30. The molecule has 1 unspecified atom stereocenters. The normalized spacial score (nSPS) is 19.5. The number of imide groups is 1. The van der Waals surface area contributed by atoms with E-state index < -0.39 is 23.4 Å². The van der Waals surface area contributed by atoms with E-state index in [1.54, 1.807) is 32.5 Å². The minimum Gasteiger partial charge on any atom is -0.297 e. The largest absolute Gasteiger partial charge is 0.421 e. The molecule has 2 aliphatic rings. The van der Waals surface area contributed by atoms with E-state index in [1.165, 1.54) is 4.90 Å². The second-order valence-electron chi connectivity index (χ2n) is 9.87. The van der Waals surface area contributed by atoms with Crippen LogP contribution in [0.3, 0.4) is 0 Å². The van der Waals surface area contributed by atoms with Crippen LogP contribution in [0.2, 0.25) is 0 Å². The van der Waals surface area contributed by atoms with Crippen LogP contribution in [0.4, 0.5) is 4.79 Å². The molecular formula is C22H33N6O3+. The SMILES string of the molecule is Cc1nn(C2=[N+](CC(C)C)C3C(=O)N(CC(=O)C(C)(C)C)C(=O)N(C)C3=N2)c(C)c1C. The Balaban J connectivity index is 2.12. The third-order valence-corrected chi connectivity index (χ3v) is 5.93. The van der Waals surface area contributed by atoms with Crippen LogP contribution < -0.4 is 0 Å². The van der Waals surface area contributed by atoms with Crippen LogP contribution in [0.5, 0.6) is 0 Å². The van der Waals surface area contributed by atoms with Gasteiger partial charge in [-0.05, 0) is 26.7 Å². The first-order chi connectivity index (χ1) is 14.3. The van der Waals surface area contributed by atoms with E-state index in [2.05, 4.69) is 18.9 Å². The van der Waals surface area contributed by atoms with E-state index in [1.807, 2.05) is 25.3 Å². The number of nitrogens with zero attached hydrogens (tertiary/aromatic N) is 6. The Morgan fingerprint density at radius 2 is 1.77 bits per heavy atom. The molecule has 1 saturated heterocycles. The number of amides is 3. The number of rotatable bonds is 4. The molecule has 31 heavy (non-hydrogen) atoms. The van der Waals surface area contributed by atoms with Crippen LogP contribution in [-0.4, -0.2) is 79.9 Å². The zero-order valence-corrected chi connectivity index (χ0v) is 20.0. The quantitative estimate of drug-likeness (QED) is 0.684. The van der Waals surface area contributed by atoms with Crippen LogP contribution in [0, 0.1) is 32.1 Å². The summed E-state index contributed by atoms with van der Waals surface area (Å²) in [6.45, 7) is 15.7. The minimum absolute atomic E-state index is 0.172. The lowest BCUT2D eigenvalue weighted by molar-refractivity contribution is -0.543. The molecule has 0 spiro atoms. The van der Waals surface area contributed by atoms with Crippen LogP contribution in [-0.2, 0) is 9.59 Å². The Morgan fingerprint density at radius 1 is 1.16 bits per heavy atom. The summed E-state index contributed by atoms with van der Waals surface area (Å²) in [5, 5.41) is 4.62. The highest BCUT2D eigenvalue weighted by Gasteiger charge is 2.54. The van der Waals surface area contributed by atoms with Crippen molar-refractivity contribution in [1.29, 1.82) is 0 Å². The molecule has 168 valence electrons. The Hall–Kier alpha value is -2.84. The van der Waals surface area contributed by atoms with Gasteiger partial charge in [0.1, 0.15) is 5.69 Å². The molecule has 3 amide bonds. The summed E-state index contributed by atoms with van der Waals surface area (Å²) in [7, 11) is 1.60. The van der Waals surface area contributed by atoms with Gasteiger partial charge in [-0.1, -0.05) is 39.6 Å². The molecule has 1 atom stereocenters. The number of hydrogen-bond acceptors (Lipinski definition) is 5. The number of hydrogen-bond donors (Lipinski definition) is 0. The highest BCUT2D eigenvalue weighted by Crippen LogP contribution is 2.24. The van der Waals surface area contributed by atoms with Crippen molar-refractivity contribution < 1.29 is 19.0 Å². The van der Waals surface area contributed by atoms with Crippen LogP contribution in [0.1, 0.15) is 51.6 Å². The van der Waals surface area contributed by atoms with Crippen molar-refractivity contribution in [1.82, 2.24) is 19.6 Å². The summed E-state index contributed by atoms with van der Waals surface area (Å²) in [5.74, 6) is 0.542. The van der Waals surface area contributed by atoms with Crippen molar-refractivity contribution >= 4 is 29.5 Å². The molecule has 0 saturated carbocycles. The summed E-state index contributed by atoms with van der Waals surface area (Å²) in [6.07, 6.45) is 0. The number of Topliss-reactive ketones (excluding diaryl/α,β-unsaturated/α-hetero) is 1. The predicted octanol–water partition coefficient (Wildman–Crippen LogP) is 1.97. The van der Waals surface area contributed by atoms with Crippen LogP contribution in [0.25, 0.3) is 0 Å². The number of aliphatic imine (C=N–C) groups is 1. The summed E-state index contributed by atoms with van der Waals surface area (Å²) in [5.41, 5.74) is 2.22. The molecule has 9 nitrogen and oxygen atoms in total. The lowest BCUT2D eigenvalue weighted by Gasteiger charge is -2.35. The summed E-state index contributed by atoms with van der Waals surface area (Å²) in [4.78, 5) is 46.3. The Kier molecular flexibility index (Phi) is 5.67. The van der Waals surface area contributed by atoms with Gasteiger partial charge in [0.15, 0.2) is 5.78 Å². The molecule has 3 heterocycles. The van der Waals surface area contributed by atoms with E-state index in [4.69, 9.17) is 4.99 Å². The maximum Gasteiger partial charge on any atom is 0.421 e. The van der Waals surface area contributed by atoms with Gasteiger partial charge in [0.2, 0.25) is 11.9 Å². The van der Waals surface area contributed by atoms with Crippen molar-refractivity contribution in [2.75, 3.05) is 20.1 Å². The molecule has 0 radical (unpaired) electrons. The fourth-order valence-electron chi connectivity index (χ4n) is 3.70. The third kappa shape index (κ3) is 3.81. The molecular weight excluding hydrogens is 396 g/mol. The number of carbonyl (C=O) groups is 3. The number of likely N-dealkylation sites (N-methyl/N-ethyl adjacent to an activating group) is 1. The molecule has 0 bridgehead atoms. The van der Waals surface area contributed by atoms with E-state index in [-0.39, 0.29) is 18.2 Å². The monoisotopic (exact) mass is 429 g/mol. The van der Waals surface area contributed by atoms with E-state index in [9.17, 15) is 14.4 Å². The van der Waals surface area contributed by atoms with Crippen molar-refractivity contribution in [3.05, 3.63) is 17.0 Å². The molecule has 2 aliphatic heterocycles. The van der Waals surface area contributed by atoms with Crippen molar-refractivity contribution in [3.63, 3.8) is 0 Å². The molecule has 3 rings (SSSR count). The lowest BCUT2D eigenvalue weighted by atomic mass is 9.90. The topological polar surface area (TPSA) is 90.9 Å². The van der Waals surface area contributed by atoms with Gasteiger partial charge in [0.05, 0.1) is 18.8 Å². The van der Waals surface area contributed by atoms with Gasteiger partial charge in [-0.15, -0.1) is 9.78 Å². The Morgan fingerprint density at radius 3 is 2.26 bits per heavy atom. The van der Waals surface area contributed by atoms with Crippen molar-refractivity contribution in [2.24, 2.45) is 16.3 Å². The maximum atomic E-state index is 13.5. The van der Waals surface area contributed by atoms with Crippen LogP contribution in [0.15, 0.2) is 4.99 Å². The number of fused-ring (bicyclic) bond motifs is 1. The molecule has 0 N–H and O–H groups in total. The molecule has 1 aromatic rings. The van der Waals surface area contributed by atoms with E-state index in [0.717, 1.165) is 21.9 Å². The molecule has 0 aromatic carbocycles. The molecule has 1 fully saturated rings. The zero-order valence-electron chi connectivity index (χ0n) is 20.0. The molecule has 0 aliphatic carbocycles. The van der Waals surface area contributed by atoms with Crippen LogP contribution >= 0.6 is 0 Å². The van der Waals surface area contributed by atoms with E-state index >= 15 is 0 Å². The number of amidine groups is 1. The van der Waals surface area contributed by atoms with Gasteiger partial charge in [-0.3, -0.25) is 19.4 Å². The first kappa shape index (κ1) is 22.8. The number of carbonyl (C=O) groups excluding carboxylic acids is 3. The average Bonchev–Trinajstić information content (AvgIpc) is 3.15. The van der Waals surface area contributed by atoms with Gasteiger partial charge in [0, 0.05) is 18.0 Å². The van der Waals surface area contributed by atoms with E-state index in [0.29, 0.717) is 18.3 Å². The van der Waals surface area contributed by atoms with Crippen molar-refractivity contribution in [2.45, 2.75) is 61.4 Å². The fourth-order valence-corrected chi connectivity index (χ4v) is 3.70. The Labute approximate surface area is 183 Å². The molecule has 1 aromatic heterocycles. The van der Waals surface area contributed by atoms with Gasteiger partial charge in [-0.25, -0.2) is 9.37 Å². The van der Waals surface area contributed by atoms with Crippen molar-refractivity contribution in [3.8, 4) is 0 Å². The second-order valence-corrected chi connectivity index (χ2v) is 9.87. The van der Waals surface area contributed by atoms with Gasteiger partial charge < -0.3 is 0 Å². The number of aromatic nitrogens is 2. The zero-order chi connectivity index (χ0) is 23.4. The number of urea groups is 1.